The Morgan fingerprint density at radius 2 is 1.86 bits per heavy atom. The molecule has 2 aromatic carbocycles. The van der Waals surface area contributed by atoms with Crippen molar-refractivity contribution in [1.29, 1.82) is 0 Å². The van der Waals surface area contributed by atoms with Crippen molar-refractivity contribution in [3.8, 4) is 5.75 Å². The Hall–Kier alpha value is -3.51. The van der Waals surface area contributed by atoms with Gasteiger partial charge in [-0.25, -0.2) is 12.8 Å². The quantitative estimate of drug-likeness (QED) is 0.488. The van der Waals surface area contributed by atoms with E-state index in [9.17, 15) is 32.3 Å². The lowest BCUT2D eigenvalue weighted by atomic mass is 10.0. The van der Waals surface area contributed by atoms with Crippen LogP contribution in [0.1, 0.15) is 41.7 Å². The Bertz CT molecular complexity index is 1220. The van der Waals surface area contributed by atoms with E-state index in [4.69, 9.17) is 4.74 Å². The average molecular weight is 522 g/mol. The Kier molecular flexibility index (Phi) is 8.64. The Balaban J connectivity index is 1.97. The summed E-state index contributed by atoms with van der Waals surface area (Å²) < 4.78 is 45.5. The molecule has 0 saturated carbocycles. The van der Waals surface area contributed by atoms with Crippen LogP contribution in [0.3, 0.4) is 0 Å². The average Bonchev–Trinajstić information content (AvgIpc) is 3.30. The summed E-state index contributed by atoms with van der Waals surface area (Å²) in [6.07, 6.45) is -1.76. The number of ether oxygens (including phenoxy) is 1. The number of nitrogens with one attached hydrogen (secondary N) is 1. The summed E-state index contributed by atoms with van der Waals surface area (Å²) in [6, 6.07) is 10.1. The highest BCUT2D eigenvalue weighted by Gasteiger charge is 2.46. The van der Waals surface area contributed by atoms with Gasteiger partial charge in [0.1, 0.15) is 11.6 Å². The second-order valence-electron chi connectivity index (χ2n) is 8.24. The lowest BCUT2D eigenvalue weighted by molar-refractivity contribution is -0.138. The SMILES string of the molecule is CCCS(=O)(=O)N1CCN(C(=O)c2cccc(OC)c2)C1C(=O)NC(CC(=O)O)c1ccc(F)cc1. The summed E-state index contributed by atoms with van der Waals surface area (Å²) in [4.78, 5) is 39.5. The number of sulfonamides is 1. The molecule has 0 spiro atoms. The maximum absolute atomic E-state index is 13.5. The number of hydrogen-bond donors (Lipinski definition) is 2. The molecule has 36 heavy (non-hydrogen) atoms. The molecule has 0 radical (unpaired) electrons. The predicted octanol–water partition coefficient (Wildman–Crippen LogP) is 1.99. The molecule has 1 fully saturated rings. The summed E-state index contributed by atoms with van der Waals surface area (Å²) in [7, 11) is -2.47. The highest BCUT2D eigenvalue weighted by Crippen LogP contribution is 2.26. The largest absolute Gasteiger partial charge is 0.497 e. The van der Waals surface area contributed by atoms with E-state index < -0.39 is 52.3 Å². The van der Waals surface area contributed by atoms with E-state index in [1.165, 1.54) is 31.4 Å². The summed E-state index contributed by atoms with van der Waals surface area (Å²) in [6.45, 7) is 1.53. The number of hydrogen-bond acceptors (Lipinski definition) is 6. The first-order valence-electron chi connectivity index (χ1n) is 11.3. The van der Waals surface area contributed by atoms with E-state index in [1.807, 2.05) is 0 Å². The number of carboxylic acids is 1. The van der Waals surface area contributed by atoms with Crippen LogP contribution in [0, 0.1) is 5.82 Å². The van der Waals surface area contributed by atoms with Crippen molar-refractivity contribution in [2.24, 2.45) is 0 Å². The second kappa shape index (κ2) is 11.5. The third-order valence-electron chi connectivity index (χ3n) is 5.73. The number of aliphatic carboxylic acids is 1. The molecule has 0 bridgehead atoms. The molecule has 12 heteroatoms. The first kappa shape index (κ1) is 27.1. The molecule has 1 aliphatic heterocycles. The van der Waals surface area contributed by atoms with Gasteiger partial charge in [-0.15, -0.1) is 0 Å². The van der Waals surface area contributed by atoms with E-state index >= 15 is 0 Å². The van der Waals surface area contributed by atoms with Crippen LogP contribution in [0.25, 0.3) is 0 Å². The Labute approximate surface area is 208 Å². The van der Waals surface area contributed by atoms with Gasteiger partial charge in [0.15, 0.2) is 6.17 Å². The molecular formula is C24H28FN3O7S. The van der Waals surface area contributed by atoms with Gasteiger partial charge in [-0.1, -0.05) is 25.1 Å². The maximum atomic E-state index is 13.5. The molecule has 1 aliphatic rings. The van der Waals surface area contributed by atoms with Gasteiger partial charge in [-0.05, 0) is 42.3 Å². The number of nitrogens with zero attached hydrogens (tertiary/aromatic N) is 2. The summed E-state index contributed by atoms with van der Waals surface area (Å²) in [5.41, 5.74) is 0.515. The molecule has 1 heterocycles. The molecule has 2 aromatic rings. The number of carboxylic acid groups (broad SMARTS) is 1. The molecule has 194 valence electrons. The van der Waals surface area contributed by atoms with Crippen molar-refractivity contribution < 1.29 is 37.0 Å². The first-order chi connectivity index (χ1) is 17.1. The van der Waals surface area contributed by atoms with Gasteiger partial charge in [0.05, 0.1) is 25.3 Å². The van der Waals surface area contributed by atoms with Crippen LogP contribution in [0.2, 0.25) is 0 Å². The van der Waals surface area contributed by atoms with Gasteiger partial charge in [-0.2, -0.15) is 4.31 Å². The van der Waals surface area contributed by atoms with Crippen LogP contribution >= 0.6 is 0 Å². The number of halogens is 1. The van der Waals surface area contributed by atoms with Gasteiger partial charge in [-0.3, -0.25) is 14.4 Å². The van der Waals surface area contributed by atoms with Crippen molar-refractivity contribution in [2.45, 2.75) is 32.0 Å². The molecule has 3 rings (SSSR count). The number of amides is 2. The molecule has 2 unspecified atom stereocenters. The monoisotopic (exact) mass is 521 g/mol. The lowest BCUT2D eigenvalue weighted by Crippen LogP contribution is -2.54. The van der Waals surface area contributed by atoms with Crippen LogP contribution in [0.5, 0.6) is 5.75 Å². The zero-order valence-corrected chi connectivity index (χ0v) is 20.7. The van der Waals surface area contributed by atoms with Crippen molar-refractivity contribution >= 4 is 27.8 Å². The van der Waals surface area contributed by atoms with E-state index in [0.717, 1.165) is 21.3 Å². The van der Waals surface area contributed by atoms with Gasteiger partial charge >= 0.3 is 5.97 Å². The summed E-state index contributed by atoms with van der Waals surface area (Å²) in [5, 5.41) is 11.9. The fraction of sp³-hybridized carbons (Fsp3) is 0.375. The number of benzene rings is 2. The standard InChI is InChI=1S/C24H28FN3O7S/c1-3-13-36(33,34)28-12-11-27(24(32)17-5-4-6-19(14-17)35-2)23(28)22(31)26-20(15-21(29)30)16-7-9-18(25)10-8-16/h4-10,14,20,23H,3,11-13,15H2,1-2H3,(H,26,31)(H,29,30). The van der Waals surface area contributed by atoms with E-state index in [1.54, 1.807) is 19.1 Å². The van der Waals surface area contributed by atoms with E-state index in [-0.39, 0.29) is 24.4 Å². The predicted molar refractivity (Wildman–Crippen MR) is 128 cm³/mol. The van der Waals surface area contributed by atoms with Crippen LogP contribution in [-0.4, -0.2) is 72.6 Å². The van der Waals surface area contributed by atoms with Gasteiger partial charge in [0, 0.05) is 18.7 Å². The van der Waals surface area contributed by atoms with Crippen LogP contribution in [0.4, 0.5) is 4.39 Å². The Morgan fingerprint density at radius 3 is 2.47 bits per heavy atom. The molecule has 2 amide bonds. The second-order valence-corrected chi connectivity index (χ2v) is 10.3. The molecule has 1 saturated heterocycles. The van der Waals surface area contributed by atoms with E-state index in [2.05, 4.69) is 5.32 Å². The molecule has 0 aliphatic carbocycles. The highest BCUT2D eigenvalue weighted by molar-refractivity contribution is 7.89. The zero-order chi connectivity index (χ0) is 26.5. The fourth-order valence-electron chi connectivity index (χ4n) is 4.05. The third-order valence-corrected chi connectivity index (χ3v) is 7.75. The van der Waals surface area contributed by atoms with Crippen molar-refractivity contribution in [2.75, 3.05) is 26.0 Å². The van der Waals surface area contributed by atoms with Crippen molar-refractivity contribution in [1.82, 2.24) is 14.5 Å². The fourth-order valence-corrected chi connectivity index (χ4v) is 5.67. The van der Waals surface area contributed by atoms with Crippen LogP contribution in [-0.2, 0) is 19.6 Å². The lowest BCUT2D eigenvalue weighted by Gasteiger charge is -2.30. The normalized spacial score (nSPS) is 17.0. The molecule has 10 nitrogen and oxygen atoms in total. The van der Waals surface area contributed by atoms with Crippen LogP contribution < -0.4 is 10.1 Å². The summed E-state index contributed by atoms with van der Waals surface area (Å²) >= 11 is 0. The smallest absolute Gasteiger partial charge is 0.305 e. The number of carbonyl (C=O) groups excluding carboxylic acids is 2. The minimum absolute atomic E-state index is 0.0444. The number of carbonyl (C=O) groups is 3. The van der Waals surface area contributed by atoms with Gasteiger partial charge in [0.2, 0.25) is 10.0 Å². The minimum atomic E-state index is -3.91. The van der Waals surface area contributed by atoms with Crippen LogP contribution in [0.15, 0.2) is 48.5 Å². The zero-order valence-electron chi connectivity index (χ0n) is 19.9. The maximum Gasteiger partial charge on any atom is 0.305 e. The van der Waals surface area contributed by atoms with E-state index in [0.29, 0.717) is 17.7 Å². The molecule has 2 atom stereocenters. The van der Waals surface area contributed by atoms with Gasteiger partial charge < -0.3 is 20.1 Å². The number of methoxy groups -OCH3 is 1. The van der Waals surface area contributed by atoms with Gasteiger partial charge in [0.25, 0.3) is 11.8 Å². The molecule has 0 aromatic heterocycles. The Morgan fingerprint density at radius 1 is 1.17 bits per heavy atom. The topological polar surface area (TPSA) is 133 Å². The number of rotatable bonds is 10. The molecule has 2 N–H and O–H groups in total. The first-order valence-corrected chi connectivity index (χ1v) is 12.9. The molecular weight excluding hydrogens is 493 g/mol. The summed E-state index contributed by atoms with van der Waals surface area (Å²) in [5.74, 6) is -3.03. The van der Waals surface area contributed by atoms with Crippen molar-refractivity contribution in [3.63, 3.8) is 0 Å². The van der Waals surface area contributed by atoms with Crippen molar-refractivity contribution in [3.05, 3.63) is 65.5 Å². The third kappa shape index (κ3) is 6.18. The highest BCUT2D eigenvalue weighted by atomic mass is 32.2. The minimum Gasteiger partial charge on any atom is -0.497 e.